The Morgan fingerprint density at radius 3 is 1.83 bits per heavy atom. The van der Waals surface area contributed by atoms with Gasteiger partial charge in [-0.05, 0) is 0 Å². The van der Waals surface area contributed by atoms with Crippen molar-refractivity contribution in [2.45, 2.75) is 58.1 Å². The van der Waals surface area contributed by atoms with E-state index < -0.39 is 0 Å². The first kappa shape index (κ1) is 27.5. The molecule has 2 heterocycles. The molecule has 0 amide bonds. The van der Waals surface area contributed by atoms with E-state index in [9.17, 15) is 0 Å². The monoisotopic (exact) mass is 464 g/mol. The molecule has 0 saturated carbocycles. The van der Waals surface area contributed by atoms with Gasteiger partial charge in [0.1, 0.15) is 0 Å². The Morgan fingerprint density at radius 1 is 1.00 bits per heavy atom. The molecule has 6 heteroatoms. The van der Waals surface area contributed by atoms with E-state index in [0.29, 0.717) is 18.4 Å². The molecule has 2 saturated heterocycles. The van der Waals surface area contributed by atoms with E-state index in [1.54, 1.807) is 0 Å². The molecule has 0 bridgehead atoms. The molecule has 0 aromatic heterocycles. The predicted molar refractivity (Wildman–Crippen MR) is 89.5 cm³/mol. The quantitative estimate of drug-likeness (QED) is 0.463. The summed E-state index contributed by atoms with van der Waals surface area (Å²) in [4.78, 5) is 0. The van der Waals surface area contributed by atoms with Gasteiger partial charge in [-0.1, -0.05) is 52.1 Å². The second-order valence-corrected chi connectivity index (χ2v) is 6.45. The largest absolute Gasteiger partial charge is 0.446 e. The van der Waals surface area contributed by atoms with E-state index in [2.05, 4.69) is 41.5 Å². The summed E-state index contributed by atoms with van der Waals surface area (Å²) in [6, 6.07) is -0.404. The zero-order valence-electron chi connectivity index (χ0n) is 15.1. The zero-order valence-corrected chi connectivity index (χ0v) is 20.8. The van der Waals surface area contributed by atoms with Gasteiger partial charge >= 0.3 is 0 Å². The van der Waals surface area contributed by atoms with Gasteiger partial charge in [-0.15, -0.1) is 6.00 Å². The van der Waals surface area contributed by atoms with E-state index in [1.165, 1.54) is 0 Å². The molecule has 2 rings (SSSR count). The zero-order chi connectivity index (χ0) is 16.3. The van der Waals surface area contributed by atoms with Gasteiger partial charge in [-0.3, -0.25) is 0 Å². The summed E-state index contributed by atoms with van der Waals surface area (Å²) < 4.78 is 10.7. The third-order valence-electron chi connectivity index (χ3n) is 4.99. The topological polar surface area (TPSA) is 18.5 Å². The average molecular weight is 464 g/mol. The molecule has 6 radical (unpaired) electrons. The maximum atomic E-state index is 5.60. The van der Waals surface area contributed by atoms with Crippen LogP contribution in [0.5, 0.6) is 0 Å². The van der Waals surface area contributed by atoms with Gasteiger partial charge in [0, 0.05) is 72.0 Å². The van der Waals surface area contributed by atoms with Gasteiger partial charge < -0.3 is 36.2 Å². The third kappa shape index (κ3) is 7.80. The molecular weight excluding hydrogens is 436 g/mol. The molecule has 0 aromatic carbocycles. The van der Waals surface area contributed by atoms with Gasteiger partial charge in [0.2, 0.25) is 0 Å². The summed E-state index contributed by atoms with van der Waals surface area (Å²) in [5, 5.41) is 0. The number of ether oxygens (including phenoxy) is 2. The Bertz CT molecular complexity index is 336. The fourth-order valence-electron chi connectivity index (χ4n) is 2.64. The van der Waals surface area contributed by atoms with E-state index in [4.69, 9.17) is 25.2 Å². The summed E-state index contributed by atoms with van der Waals surface area (Å²) >= 11 is 0. The second-order valence-electron chi connectivity index (χ2n) is 6.45. The van der Waals surface area contributed by atoms with Crippen molar-refractivity contribution < 1.29 is 74.9 Å². The van der Waals surface area contributed by atoms with Gasteiger partial charge in [0.15, 0.2) is 0 Å². The van der Waals surface area contributed by atoms with Crippen LogP contribution in [-0.2, 0) is 74.9 Å². The first-order valence-corrected chi connectivity index (χ1v) is 7.88. The van der Waals surface area contributed by atoms with Crippen molar-refractivity contribution in [3.63, 3.8) is 0 Å². The van der Waals surface area contributed by atoms with Gasteiger partial charge in [-0.25, -0.2) is 0 Å². The molecule has 0 aromatic rings. The van der Waals surface area contributed by atoms with Crippen LogP contribution in [0.4, 0.5) is 0 Å². The Kier molecular flexibility index (Phi) is 14.2. The Labute approximate surface area is 197 Å². The Hall–Kier alpha value is 2.26. The van der Waals surface area contributed by atoms with E-state index >= 15 is 0 Å². The Morgan fingerprint density at radius 2 is 1.52 bits per heavy atom. The maximum Gasteiger partial charge on any atom is 0.0625 e. The molecule has 124 valence electrons. The van der Waals surface area contributed by atoms with Crippen molar-refractivity contribution in [1.82, 2.24) is 0 Å². The number of rotatable bonds is 2. The average Bonchev–Trinajstić information content (AvgIpc) is 2.69. The first-order chi connectivity index (χ1) is 9.66. The molecule has 0 aliphatic carbocycles. The van der Waals surface area contributed by atoms with Gasteiger partial charge in [0.25, 0.3) is 0 Å². The van der Waals surface area contributed by atoms with Crippen LogP contribution in [0.25, 0.3) is 0 Å². The second kappa shape index (κ2) is 11.9. The summed E-state index contributed by atoms with van der Waals surface area (Å²) in [6.45, 7) is 17.3. The van der Waals surface area contributed by atoms with Crippen molar-refractivity contribution in [2.24, 2.45) is 17.3 Å². The van der Waals surface area contributed by atoms with Crippen molar-refractivity contribution in [1.29, 1.82) is 0 Å². The molecular formula is C17H28B2O2Y2-4. The fraction of sp³-hybridized carbons (Fsp3) is 0.765. The van der Waals surface area contributed by atoms with Crippen LogP contribution < -0.4 is 0 Å². The van der Waals surface area contributed by atoms with Crippen molar-refractivity contribution in [3.8, 4) is 0 Å². The van der Waals surface area contributed by atoms with Crippen LogP contribution in [0.15, 0.2) is 0 Å². The summed E-state index contributed by atoms with van der Waals surface area (Å²) in [7, 11) is 11.2. The number of hydrogen-bond acceptors (Lipinski definition) is 2. The predicted octanol–water partition coefficient (Wildman–Crippen LogP) is 2.91. The molecule has 0 N–H and O–H groups in total. The van der Waals surface area contributed by atoms with Crippen LogP contribution in [0.3, 0.4) is 0 Å². The van der Waals surface area contributed by atoms with Crippen LogP contribution in [0, 0.1) is 43.9 Å². The van der Waals surface area contributed by atoms with E-state index in [-0.39, 0.29) is 88.4 Å². The summed E-state index contributed by atoms with van der Waals surface area (Å²) in [6.07, 6.45) is 5.98. The smallest absolute Gasteiger partial charge is 0.0625 e. The van der Waals surface area contributed by atoms with Crippen molar-refractivity contribution in [2.75, 3.05) is 6.61 Å². The molecule has 2 aliphatic heterocycles. The van der Waals surface area contributed by atoms with Crippen LogP contribution in [0.2, 0.25) is 0 Å². The van der Waals surface area contributed by atoms with Crippen molar-refractivity contribution >= 4 is 15.7 Å². The standard InChI is InChI=1S/C9H15BO.C8H13BO.2Y/c1-4-9(3)6-11-8(10)5-7(9)2;1-4-8(3)6(2)5-7(9)10-8;;/h5,7-8H,3-4,6H2,1-2H3;5-7H,3-4H2,1-2H3;;/q2*-2;;/t7-,8-,9?;6?,7-,8?;;/m11../s1. The normalized spacial score (nSPS) is 42.7. The molecule has 3 unspecified atom stereocenters. The van der Waals surface area contributed by atoms with Crippen LogP contribution >= 0.6 is 0 Å². The number of hydrogen-bond donors (Lipinski definition) is 0. The van der Waals surface area contributed by atoms with E-state index in [0.717, 1.165) is 12.8 Å². The minimum absolute atomic E-state index is 0. The minimum Gasteiger partial charge on any atom is -0.446 e. The van der Waals surface area contributed by atoms with E-state index in [1.807, 2.05) is 12.8 Å². The van der Waals surface area contributed by atoms with Crippen molar-refractivity contribution in [3.05, 3.63) is 26.7 Å². The molecule has 2 fully saturated rings. The minimum atomic E-state index is -0.264. The molecule has 6 atom stereocenters. The van der Waals surface area contributed by atoms with Gasteiger partial charge in [0.05, 0.1) is 15.7 Å². The van der Waals surface area contributed by atoms with Crippen LogP contribution in [0.1, 0.15) is 40.5 Å². The fourth-order valence-corrected chi connectivity index (χ4v) is 2.64. The molecule has 0 spiro atoms. The maximum absolute atomic E-state index is 5.60. The molecule has 23 heavy (non-hydrogen) atoms. The SMILES string of the molecule is [B][C@H]1[CH-]C(C)C([CH2-])(CC)O1.[B][C@H]1[CH-][C@@H](C)C([CH2-])(CC)CO1.[Y].[Y]. The molecule has 2 aliphatic rings. The van der Waals surface area contributed by atoms with Crippen LogP contribution in [-0.4, -0.2) is 39.9 Å². The Balaban J connectivity index is 0. The first-order valence-electron chi connectivity index (χ1n) is 7.88. The summed E-state index contributed by atoms with van der Waals surface area (Å²) in [5.41, 5.74) is -0.213. The van der Waals surface area contributed by atoms with Gasteiger partial charge in [-0.2, -0.15) is 17.3 Å². The summed E-state index contributed by atoms with van der Waals surface area (Å²) in [5.74, 6) is 0.823. The third-order valence-corrected chi connectivity index (χ3v) is 4.99. The molecule has 2 nitrogen and oxygen atoms in total.